The number of nitrogens with zero attached hydrogens (tertiary/aromatic N) is 2. The lowest BCUT2D eigenvalue weighted by atomic mass is 9.70. The van der Waals surface area contributed by atoms with Crippen molar-refractivity contribution in [2.45, 2.75) is 82.1 Å². The molecule has 2 aromatic carbocycles. The Balaban J connectivity index is 1.46. The van der Waals surface area contributed by atoms with Crippen LogP contribution in [-0.2, 0) is 28.7 Å². The number of likely N-dealkylation sites (tertiary alicyclic amines) is 1. The third-order valence-electron chi connectivity index (χ3n) is 10.1. The third kappa shape index (κ3) is 7.53. The Bertz CT molecular complexity index is 1550. The predicted molar refractivity (Wildman–Crippen MR) is 191 cm³/mol. The van der Waals surface area contributed by atoms with E-state index in [9.17, 15) is 24.3 Å². The average Bonchev–Trinajstić information content (AvgIpc) is 3.76. The van der Waals surface area contributed by atoms with Gasteiger partial charge in [-0.2, -0.15) is 0 Å². The Hall–Kier alpha value is -3.99. The number of para-hydroxylation sites is 1. The molecule has 2 N–H and O–H groups in total. The molecule has 3 aliphatic heterocycles. The van der Waals surface area contributed by atoms with Gasteiger partial charge in [-0.15, -0.1) is 13.2 Å². The van der Waals surface area contributed by atoms with Gasteiger partial charge in [-0.3, -0.25) is 19.2 Å². The highest BCUT2D eigenvalue weighted by Crippen LogP contribution is 2.59. The van der Waals surface area contributed by atoms with Crippen molar-refractivity contribution in [3.8, 4) is 0 Å². The summed E-state index contributed by atoms with van der Waals surface area (Å²) >= 11 is 6.68. The molecule has 3 heterocycles. The lowest BCUT2D eigenvalue weighted by molar-refractivity contribution is -0.160. The van der Waals surface area contributed by atoms with Crippen molar-refractivity contribution in [2.24, 2.45) is 11.8 Å². The van der Waals surface area contributed by atoms with Crippen molar-refractivity contribution < 1.29 is 33.8 Å². The van der Waals surface area contributed by atoms with E-state index in [1.807, 2.05) is 49.4 Å². The van der Waals surface area contributed by atoms with E-state index >= 15 is 0 Å². The van der Waals surface area contributed by atoms with Crippen molar-refractivity contribution in [2.75, 3.05) is 31.1 Å². The van der Waals surface area contributed by atoms with Gasteiger partial charge in [0.1, 0.15) is 17.7 Å². The smallest absolute Gasteiger partial charge is 0.313 e. The second kappa shape index (κ2) is 16.8. The van der Waals surface area contributed by atoms with Gasteiger partial charge in [-0.05, 0) is 56.2 Å². The number of nitrogens with one attached hydrogen (secondary N) is 1. The Labute approximate surface area is 299 Å². The first-order valence-electron chi connectivity index (χ1n) is 17.6. The number of halogens is 1. The number of benzene rings is 2. The molecule has 0 saturated carbocycles. The zero-order valence-corrected chi connectivity index (χ0v) is 29.5. The first-order valence-corrected chi connectivity index (χ1v) is 18.0. The highest BCUT2D eigenvalue weighted by atomic mass is 35.5. The molecule has 11 heteroatoms. The van der Waals surface area contributed by atoms with Crippen LogP contribution in [0.3, 0.4) is 0 Å². The van der Waals surface area contributed by atoms with Gasteiger partial charge in [0, 0.05) is 26.1 Å². The second-order valence-corrected chi connectivity index (χ2v) is 13.7. The quantitative estimate of drug-likeness (QED) is 0.120. The Kier molecular flexibility index (Phi) is 12.5. The minimum atomic E-state index is -1.23. The number of aliphatic hydroxyl groups excluding tert-OH is 1. The molecule has 2 aromatic rings. The summed E-state index contributed by atoms with van der Waals surface area (Å²) in [6.45, 7) is 10.0. The van der Waals surface area contributed by atoms with Crippen molar-refractivity contribution in [3.05, 3.63) is 90.0 Å². The molecule has 268 valence electrons. The summed E-state index contributed by atoms with van der Waals surface area (Å²) in [5.41, 5.74) is 0.805. The van der Waals surface area contributed by atoms with E-state index in [0.29, 0.717) is 54.9 Å². The molecule has 1 spiro atoms. The van der Waals surface area contributed by atoms with E-state index in [4.69, 9.17) is 21.1 Å². The molecule has 50 heavy (non-hydrogen) atoms. The highest BCUT2D eigenvalue weighted by Gasteiger charge is 2.75. The standard InChI is InChI=1S/C39H48ClN3O7/c1-4-6-19-31(45)41-25-30(27-16-10-9-11-17-27)49-38(48)32-29-20-21-39(50-29)33(32)36(46)43(23-12-7-8-13-24-44)35(39)37(47)42(22-5-2)34-26(3)15-14-18-28(34)40/h4-5,9-11,14-18,29-30,32-33,35,44H,1-2,6-8,12-13,19-25H2,3H3,(H,41,45)/t29-,30-,32+,33+,35-,39+/m0/s1. The number of amides is 3. The monoisotopic (exact) mass is 705 g/mol. The number of unbranched alkanes of at least 4 members (excludes halogenated alkanes) is 3. The van der Waals surface area contributed by atoms with Gasteiger partial charge in [-0.25, -0.2) is 0 Å². The maximum Gasteiger partial charge on any atom is 0.313 e. The van der Waals surface area contributed by atoms with Gasteiger partial charge in [0.05, 0.1) is 35.2 Å². The van der Waals surface area contributed by atoms with Crippen molar-refractivity contribution in [1.82, 2.24) is 10.2 Å². The molecule has 3 aliphatic rings. The highest BCUT2D eigenvalue weighted by molar-refractivity contribution is 6.34. The molecule has 3 fully saturated rings. The number of allylic oxidation sites excluding steroid dienone is 1. The Morgan fingerprint density at radius 2 is 1.88 bits per heavy atom. The number of rotatable bonds is 18. The summed E-state index contributed by atoms with van der Waals surface area (Å²) in [4.78, 5) is 59.3. The zero-order valence-electron chi connectivity index (χ0n) is 28.7. The number of anilines is 1. The second-order valence-electron chi connectivity index (χ2n) is 13.3. The fourth-order valence-corrected chi connectivity index (χ4v) is 8.19. The maximum atomic E-state index is 14.9. The van der Waals surface area contributed by atoms with E-state index < -0.39 is 41.7 Å². The Morgan fingerprint density at radius 3 is 2.58 bits per heavy atom. The minimum absolute atomic E-state index is 0.0580. The lowest BCUT2D eigenvalue weighted by Gasteiger charge is -2.37. The molecule has 6 atom stereocenters. The van der Waals surface area contributed by atoms with Crippen LogP contribution >= 0.6 is 11.6 Å². The fourth-order valence-electron chi connectivity index (χ4n) is 7.86. The number of hydrogen-bond donors (Lipinski definition) is 2. The van der Waals surface area contributed by atoms with Crippen LogP contribution in [0.2, 0.25) is 5.02 Å². The van der Waals surface area contributed by atoms with Crippen molar-refractivity contribution >= 4 is 41.0 Å². The van der Waals surface area contributed by atoms with Gasteiger partial charge < -0.3 is 29.7 Å². The molecule has 10 nitrogen and oxygen atoms in total. The van der Waals surface area contributed by atoms with E-state index in [2.05, 4.69) is 18.5 Å². The van der Waals surface area contributed by atoms with Crippen LogP contribution in [0.5, 0.6) is 0 Å². The molecular formula is C39H48ClN3O7. The Morgan fingerprint density at radius 1 is 1.12 bits per heavy atom. The predicted octanol–water partition coefficient (Wildman–Crippen LogP) is 5.46. The van der Waals surface area contributed by atoms with Crippen LogP contribution < -0.4 is 10.2 Å². The van der Waals surface area contributed by atoms with Crippen LogP contribution in [-0.4, -0.2) is 77.7 Å². The summed E-state index contributed by atoms with van der Waals surface area (Å²) in [6.07, 6.45) is 6.40. The largest absolute Gasteiger partial charge is 0.455 e. The summed E-state index contributed by atoms with van der Waals surface area (Å²) in [7, 11) is 0. The van der Waals surface area contributed by atoms with Crippen molar-refractivity contribution in [3.63, 3.8) is 0 Å². The first kappa shape index (κ1) is 37.3. The molecule has 3 saturated heterocycles. The van der Waals surface area contributed by atoms with Crippen LogP contribution in [0.15, 0.2) is 73.8 Å². The number of aryl methyl sites for hydroxylation is 1. The van der Waals surface area contributed by atoms with Gasteiger partial charge in [-0.1, -0.05) is 79.1 Å². The summed E-state index contributed by atoms with van der Waals surface area (Å²) < 4.78 is 12.8. The number of ether oxygens (including phenoxy) is 2. The summed E-state index contributed by atoms with van der Waals surface area (Å²) in [5.74, 6) is -3.28. The molecular weight excluding hydrogens is 658 g/mol. The van der Waals surface area contributed by atoms with Crippen LogP contribution in [0, 0.1) is 18.8 Å². The van der Waals surface area contributed by atoms with Gasteiger partial charge in [0.25, 0.3) is 5.91 Å². The molecule has 3 amide bonds. The minimum Gasteiger partial charge on any atom is -0.455 e. The topological polar surface area (TPSA) is 125 Å². The SMILES string of the molecule is C=CCCC(=O)NC[C@H](OC(=O)[C@@H]1[C@@H]2CC[C@]3(O2)[C@H](C(=O)N(CC=C)c2c(C)cccc2Cl)N(CCCCCCO)C(=O)[C@@H]13)c1ccccc1. The molecule has 0 aromatic heterocycles. The van der Waals surface area contributed by atoms with Gasteiger partial charge >= 0.3 is 5.97 Å². The number of carbonyl (C=O) groups is 4. The van der Waals surface area contributed by atoms with E-state index in [1.165, 1.54) is 0 Å². The molecule has 0 unspecified atom stereocenters. The van der Waals surface area contributed by atoms with E-state index in [0.717, 1.165) is 18.4 Å². The van der Waals surface area contributed by atoms with E-state index in [1.54, 1.807) is 28.0 Å². The van der Waals surface area contributed by atoms with Crippen LogP contribution in [0.1, 0.15) is 68.6 Å². The molecule has 0 aliphatic carbocycles. The fraction of sp³-hybridized carbons (Fsp3) is 0.487. The molecule has 5 rings (SSSR count). The number of esters is 1. The van der Waals surface area contributed by atoms with Crippen LogP contribution in [0.25, 0.3) is 0 Å². The summed E-state index contributed by atoms with van der Waals surface area (Å²) in [5, 5.41) is 12.5. The van der Waals surface area contributed by atoms with E-state index in [-0.39, 0.29) is 43.8 Å². The summed E-state index contributed by atoms with van der Waals surface area (Å²) in [6, 6.07) is 13.6. The zero-order chi connectivity index (χ0) is 35.8. The van der Waals surface area contributed by atoms with Crippen LogP contribution in [0.4, 0.5) is 5.69 Å². The first-order chi connectivity index (χ1) is 24.2. The number of fused-ring (bicyclic) bond motifs is 1. The van der Waals surface area contributed by atoms with Gasteiger partial charge in [0.2, 0.25) is 11.8 Å². The number of carbonyl (C=O) groups excluding carboxylic acids is 4. The average molecular weight is 706 g/mol. The lowest BCUT2D eigenvalue weighted by Crippen LogP contribution is -2.56. The third-order valence-corrected chi connectivity index (χ3v) is 10.4. The normalized spacial score (nSPS) is 24.1. The van der Waals surface area contributed by atoms with Crippen molar-refractivity contribution in [1.29, 1.82) is 0 Å². The molecule has 2 bridgehead atoms. The maximum absolute atomic E-state index is 14.9. The number of aliphatic hydroxyl groups is 1. The molecule has 0 radical (unpaired) electrons. The number of hydrogen-bond acceptors (Lipinski definition) is 7. The van der Waals surface area contributed by atoms with Gasteiger partial charge in [0.15, 0.2) is 0 Å².